The second kappa shape index (κ2) is 3.59. The van der Waals surface area contributed by atoms with Crippen molar-refractivity contribution in [2.24, 2.45) is 5.92 Å². The average Bonchev–Trinajstić information content (AvgIpc) is 2.28. The fourth-order valence-corrected chi connectivity index (χ4v) is 2.07. The molecular weight excluding hydrogens is 182 g/mol. The third-order valence-corrected chi connectivity index (χ3v) is 2.97. The van der Waals surface area contributed by atoms with Gasteiger partial charge in [0.05, 0.1) is 11.5 Å². The Hall–Kier alpha value is -1.06. The number of nitrogens with zero attached hydrogens (tertiary/aromatic N) is 1. The van der Waals surface area contributed by atoms with E-state index < -0.39 is 17.4 Å². The molecule has 1 amide bonds. The van der Waals surface area contributed by atoms with E-state index in [1.807, 2.05) is 20.8 Å². The molecule has 0 aromatic heterocycles. The predicted molar refractivity (Wildman–Crippen MR) is 51.8 cm³/mol. The number of amides is 1. The molecule has 1 aliphatic heterocycles. The van der Waals surface area contributed by atoms with Crippen LogP contribution in [0.2, 0.25) is 0 Å². The Morgan fingerprint density at radius 2 is 2.21 bits per heavy atom. The zero-order valence-electron chi connectivity index (χ0n) is 8.91. The minimum atomic E-state index is -0.873. The largest absolute Gasteiger partial charge is 0.481 e. The van der Waals surface area contributed by atoms with Gasteiger partial charge in [0, 0.05) is 13.0 Å². The molecule has 1 aliphatic rings. The summed E-state index contributed by atoms with van der Waals surface area (Å²) in [7, 11) is 0. The van der Waals surface area contributed by atoms with Crippen molar-refractivity contribution in [3.8, 4) is 0 Å². The van der Waals surface area contributed by atoms with Gasteiger partial charge in [0.2, 0.25) is 5.91 Å². The van der Waals surface area contributed by atoms with Crippen molar-refractivity contribution in [2.45, 2.75) is 39.2 Å². The lowest BCUT2D eigenvalue weighted by Crippen LogP contribution is -2.46. The molecule has 4 heteroatoms. The zero-order chi connectivity index (χ0) is 10.9. The Morgan fingerprint density at radius 1 is 1.64 bits per heavy atom. The van der Waals surface area contributed by atoms with Gasteiger partial charge in [0.25, 0.3) is 0 Å². The van der Waals surface area contributed by atoms with E-state index in [1.54, 1.807) is 4.90 Å². The number of carbonyl (C=O) groups is 2. The SMILES string of the molecule is CCCN1C(=O)C[C@H](C(=O)O)C1(C)C. The first-order valence-electron chi connectivity index (χ1n) is 4.94. The third kappa shape index (κ3) is 1.61. The fraction of sp³-hybridized carbons (Fsp3) is 0.800. The van der Waals surface area contributed by atoms with E-state index in [2.05, 4.69) is 0 Å². The van der Waals surface area contributed by atoms with Crippen molar-refractivity contribution in [2.75, 3.05) is 6.54 Å². The maximum Gasteiger partial charge on any atom is 0.309 e. The summed E-state index contributed by atoms with van der Waals surface area (Å²) in [6, 6.07) is 0. The molecule has 1 atom stereocenters. The molecule has 0 unspecified atom stereocenters. The van der Waals surface area contributed by atoms with Crippen molar-refractivity contribution in [3.05, 3.63) is 0 Å². The Morgan fingerprint density at radius 3 is 2.57 bits per heavy atom. The van der Waals surface area contributed by atoms with Crippen LogP contribution in [0.5, 0.6) is 0 Å². The highest BCUT2D eigenvalue weighted by atomic mass is 16.4. The number of carbonyl (C=O) groups excluding carboxylic acids is 1. The van der Waals surface area contributed by atoms with Crippen LogP contribution in [0, 0.1) is 5.92 Å². The molecule has 0 radical (unpaired) electrons. The van der Waals surface area contributed by atoms with E-state index in [0.717, 1.165) is 6.42 Å². The standard InChI is InChI=1S/C10H17NO3/c1-4-5-11-8(12)6-7(9(13)14)10(11,2)3/h7H,4-6H2,1-3H3,(H,13,14)/t7-/m1/s1. The number of hydrogen-bond acceptors (Lipinski definition) is 2. The number of rotatable bonds is 3. The van der Waals surface area contributed by atoms with Crippen molar-refractivity contribution in [3.63, 3.8) is 0 Å². The molecule has 1 saturated heterocycles. The molecule has 1 rings (SSSR count). The van der Waals surface area contributed by atoms with Gasteiger partial charge in [-0.3, -0.25) is 9.59 Å². The molecule has 0 aliphatic carbocycles. The van der Waals surface area contributed by atoms with Gasteiger partial charge in [0.1, 0.15) is 0 Å². The second-order valence-electron chi connectivity index (χ2n) is 4.29. The van der Waals surface area contributed by atoms with Gasteiger partial charge in [0.15, 0.2) is 0 Å². The van der Waals surface area contributed by atoms with Gasteiger partial charge in [-0.15, -0.1) is 0 Å². The molecule has 1 fully saturated rings. The van der Waals surface area contributed by atoms with Gasteiger partial charge < -0.3 is 10.0 Å². The lowest BCUT2D eigenvalue weighted by atomic mass is 9.88. The quantitative estimate of drug-likeness (QED) is 0.740. The average molecular weight is 199 g/mol. The molecule has 14 heavy (non-hydrogen) atoms. The Bertz CT molecular complexity index is 260. The first-order valence-corrected chi connectivity index (χ1v) is 4.94. The van der Waals surface area contributed by atoms with Crippen LogP contribution in [0.25, 0.3) is 0 Å². The summed E-state index contributed by atoms with van der Waals surface area (Å²) in [4.78, 5) is 24.2. The van der Waals surface area contributed by atoms with E-state index >= 15 is 0 Å². The van der Waals surface area contributed by atoms with Gasteiger partial charge >= 0.3 is 5.97 Å². The van der Waals surface area contributed by atoms with Crippen molar-refractivity contribution < 1.29 is 14.7 Å². The number of carboxylic acid groups (broad SMARTS) is 1. The lowest BCUT2D eigenvalue weighted by molar-refractivity contribution is -0.144. The first-order chi connectivity index (χ1) is 6.41. The summed E-state index contributed by atoms with van der Waals surface area (Å²) in [5.41, 5.74) is -0.543. The van der Waals surface area contributed by atoms with Crippen LogP contribution in [0.4, 0.5) is 0 Å². The van der Waals surface area contributed by atoms with Crippen LogP contribution in [0.3, 0.4) is 0 Å². The van der Waals surface area contributed by atoms with E-state index in [-0.39, 0.29) is 12.3 Å². The lowest BCUT2D eigenvalue weighted by Gasteiger charge is -2.34. The van der Waals surface area contributed by atoms with Crippen LogP contribution in [-0.2, 0) is 9.59 Å². The molecule has 0 aromatic rings. The summed E-state index contributed by atoms with van der Waals surface area (Å²) >= 11 is 0. The van der Waals surface area contributed by atoms with Gasteiger partial charge in [-0.05, 0) is 20.3 Å². The number of aliphatic carboxylic acids is 1. The van der Waals surface area contributed by atoms with Crippen LogP contribution >= 0.6 is 0 Å². The molecule has 1 heterocycles. The molecule has 0 aromatic carbocycles. The van der Waals surface area contributed by atoms with Gasteiger partial charge in [-0.1, -0.05) is 6.92 Å². The maximum absolute atomic E-state index is 11.6. The molecular formula is C10H17NO3. The van der Waals surface area contributed by atoms with E-state index in [4.69, 9.17) is 5.11 Å². The Labute approximate surface area is 83.9 Å². The van der Waals surface area contributed by atoms with Crippen LogP contribution in [-0.4, -0.2) is 34.0 Å². The zero-order valence-corrected chi connectivity index (χ0v) is 8.91. The van der Waals surface area contributed by atoms with Gasteiger partial charge in [-0.2, -0.15) is 0 Å². The summed E-state index contributed by atoms with van der Waals surface area (Å²) in [6.07, 6.45) is 1.00. The molecule has 0 saturated carbocycles. The van der Waals surface area contributed by atoms with Crippen LogP contribution < -0.4 is 0 Å². The summed E-state index contributed by atoms with van der Waals surface area (Å²) in [5, 5.41) is 8.97. The topological polar surface area (TPSA) is 57.6 Å². The normalized spacial score (nSPS) is 25.5. The summed E-state index contributed by atoms with van der Waals surface area (Å²) in [6.45, 7) is 6.28. The minimum absolute atomic E-state index is 0.0377. The van der Waals surface area contributed by atoms with Crippen molar-refractivity contribution >= 4 is 11.9 Å². The monoisotopic (exact) mass is 199 g/mol. The van der Waals surface area contributed by atoms with Gasteiger partial charge in [-0.25, -0.2) is 0 Å². The Kier molecular flexibility index (Phi) is 2.83. The number of hydrogen-bond donors (Lipinski definition) is 1. The van der Waals surface area contributed by atoms with Crippen molar-refractivity contribution in [1.82, 2.24) is 4.90 Å². The number of carboxylic acids is 1. The van der Waals surface area contributed by atoms with E-state index in [1.165, 1.54) is 0 Å². The van der Waals surface area contributed by atoms with E-state index in [0.29, 0.717) is 6.54 Å². The highest BCUT2D eigenvalue weighted by Crippen LogP contribution is 2.35. The third-order valence-electron chi connectivity index (χ3n) is 2.97. The molecule has 80 valence electrons. The summed E-state index contributed by atoms with van der Waals surface area (Å²) < 4.78 is 0. The molecule has 0 spiro atoms. The second-order valence-corrected chi connectivity index (χ2v) is 4.29. The Balaban J connectivity index is 2.89. The van der Waals surface area contributed by atoms with Crippen LogP contribution in [0.15, 0.2) is 0 Å². The minimum Gasteiger partial charge on any atom is -0.481 e. The highest BCUT2D eigenvalue weighted by Gasteiger charge is 2.49. The maximum atomic E-state index is 11.6. The molecule has 4 nitrogen and oxygen atoms in total. The van der Waals surface area contributed by atoms with Crippen molar-refractivity contribution in [1.29, 1.82) is 0 Å². The fourth-order valence-electron chi connectivity index (χ4n) is 2.07. The van der Waals surface area contributed by atoms with Crippen LogP contribution in [0.1, 0.15) is 33.6 Å². The smallest absolute Gasteiger partial charge is 0.309 e. The first kappa shape index (κ1) is 11.0. The predicted octanol–water partition coefficient (Wildman–Crippen LogP) is 1.11. The van der Waals surface area contributed by atoms with E-state index in [9.17, 15) is 9.59 Å². The molecule has 1 N–H and O–H groups in total. The highest BCUT2D eigenvalue weighted by molar-refractivity contribution is 5.88. The summed E-state index contributed by atoms with van der Waals surface area (Å²) in [5.74, 6) is -1.48. The molecule has 0 bridgehead atoms. The number of likely N-dealkylation sites (tertiary alicyclic amines) is 1.